The van der Waals surface area contributed by atoms with Gasteiger partial charge in [0.15, 0.2) is 0 Å². The van der Waals surface area contributed by atoms with E-state index < -0.39 is 6.16 Å². The highest BCUT2D eigenvalue weighted by Crippen LogP contribution is 2.27. The molecule has 0 atom stereocenters. The van der Waals surface area contributed by atoms with E-state index in [-0.39, 0.29) is 0 Å². The third-order valence-electron chi connectivity index (χ3n) is 3.73. The smallest absolute Gasteiger partial charge is 0.434 e. The van der Waals surface area contributed by atoms with Crippen LogP contribution in [0.1, 0.15) is 63.6 Å². The monoisotopic (exact) mass is 292 g/mol. The molecule has 0 saturated carbocycles. The molecule has 0 aliphatic carbocycles. The molecule has 3 heteroatoms. The molecule has 0 saturated heterocycles. The zero-order chi connectivity index (χ0) is 15.7. The van der Waals surface area contributed by atoms with E-state index in [0.717, 1.165) is 44.1 Å². The number of ether oxygens (including phenoxy) is 2. The molecular formula is C18H28O3. The van der Waals surface area contributed by atoms with Gasteiger partial charge in [-0.2, -0.15) is 0 Å². The van der Waals surface area contributed by atoms with Crippen LogP contribution in [-0.4, -0.2) is 12.8 Å². The summed E-state index contributed by atoms with van der Waals surface area (Å²) in [5.74, 6) is 0.645. The van der Waals surface area contributed by atoms with Gasteiger partial charge in [0.2, 0.25) is 0 Å². The molecule has 0 bridgehead atoms. The molecule has 3 nitrogen and oxygen atoms in total. The van der Waals surface area contributed by atoms with Crippen LogP contribution in [0.15, 0.2) is 12.1 Å². The topological polar surface area (TPSA) is 35.5 Å². The van der Waals surface area contributed by atoms with Crippen LogP contribution in [-0.2, 0) is 24.0 Å². The maximum absolute atomic E-state index is 11.8. The number of unbranched alkanes of at least 4 members (excludes halogenated alkanes) is 2. The summed E-state index contributed by atoms with van der Waals surface area (Å²) in [6, 6.07) is 3.95. The Morgan fingerprint density at radius 2 is 1.67 bits per heavy atom. The van der Waals surface area contributed by atoms with Crippen molar-refractivity contribution in [2.24, 2.45) is 0 Å². The van der Waals surface area contributed by atoms with E-state index in [4.69, 9.17) is 9.47 Å². The summed E-state index contributed by atoms with van der Waals surface area (Å²) >= 11 is 0. The van der Waals surface area contributed by atoms with Crippen molar-refractivity contribution in [2.45, 2.75) is 66.2 Å². The van der Waals surface area contributed by atoms with Crippen molar-refractivity contribution in [3.05, 3.63) is 28.8 Å². The zero-order valence-corrected chi connectivity index (χ0v) is 13.8. The van der Waals surface area contributed by atoms with Crippen LogP contribution in [0, 0.1) is 0 Å². The predicted molar refractivity (Wildman–Crippen MR) is 86.1 cm³/mol. The second-order valence-corrected chi connectivity index (χ2v) is 5.15. The molecule has 0 N–H and O–H groups in total. The zero-order valence-electron chi connectivity index (χ0n) is 13.8. The fraction of sp³-hybridized carbons (Fsp3) is 0.611. The average molecular weight is 292 g/mol. The third-order valence-corrected chi connectivity index (χ3v) is 3.73. The molecule has 0 aliphatic rings. The summed E-state index contributed by atoms with van der Waals surface area (Å²) in [5, 5.41) is 0. The van der Waals surface area contributed by atoms with Gasteiger partial charge < -0.3 is 9.47 Å². The molecule has 0 aliphatic heterocycles. The van der Waals surface area contributed by atoms with Crippen molar-refractivity contribution in [3.63, 3.8) is 0 Å². The standard InChI is InChI=1S/C18H28O3/c1-5-9-10-13-20-18(19)21-17-12-11-14(6-2)15(7-3)16(17)8-4/h11-12H,5-10,13H2,1-4H3. The Kier molecular flexibility index (Phi) is 7.88. The lowest BCUT2D eigenvalue weighted by Gasteiger charge is -2.16. The van der Waals surface area contributed by atoms with Gasteiger partial charge in [0.25, 0.3) is 0 Å². The summed E-state index contributed by atoms with van der Waals surface area (Å²) in [5.41, 5.74) is 3.76. The highest BCUT2D eigenvalue weighted by atomic mass is 16.7. The van der Waals surface area contributed by atoms with Crippen LogP contribution in [0.5, 0.6) is 5.75 Å². The van der Waals surface area contributed by atoms with Crippen LogP contribution in [0.4, 0.5) is 4.79 Å². The second-order valence-electron chi connectivity index (χ2n) is 5.15. The summed E-state index contributed by atoms with van der Waals surface area (Å²) in [6.07, 6.45) is 5.28. The SMILES string of the molecule is CCCCCOC(=O)Oc1ccc(CC)c(CC)c1CC. The fourth-order valence-corrected chi connectivity index (χ4v) is 2.60. The van der Waals surface area contributed by atoms with Gasteiger partial charge in [0.1, 0.15) is 5.75 Å². The Morgan fingerprint density at radius 1 is 0.952 bits per heavy atom. The first-order chi connectivity index (χ1) is 10.2. The molecule has 1 aromatic carbocycles. The third kappa shape index (κ3) is 5.07. The normalized spacial score (nSPS) is 10.5. The molecule has 0 fully saturated rings. The van der Waals surface area contributed by atoms with Crippen LogP contribution in [0.3, 0.4) is 0 Å². The van der Waals surface area contributed by atoms with E-state index in [9.17, 15) is 4.79 Å². The van der Waals surface area contributed by atoms with E-state index in [1.165, 1.54) is 11.1 Å². The minimum Gasteiger partial charge on any atom is -0.434 e. The lowest BCUT2D eigenvalue weighted by atomic mass is 9.95. The fourth-order valence-electron chi connectivity index (χ4n) is 2.60. The number of hydrogen-bond donors (Lipinski definition) is 0. The molecule has 1 aromatic rings. The second kappa shape index (κ2) is 9.43. The maximum atomic E-state index is 11.8. The summed E-state index contributed by atoms with van der Waals surface area (Å²) in [6.45, 7) is 8.93. The van der Waals surface area contributed by atoms with Crippen molar-refractivity contribution in [1.82, 2.24) is 0 Å². The van der Waals surface area contributed by atoms with E-state index in [0.29, 0.717) is 12.4 Å². The van der Waals surface area contributed by atoms with Gasteiger partial charge in [-0.05, 0) is 48.4 Å². The first-order valence-corrected chi connectivity index (χ1v) is 8.15. The Balaban J connectivity index is 2.76. The van der Waals surface area contributed by atoms with Crippen LogP contribution < -0.4 is 4.74 Å². The molecule has 0 radical (unpaired) electrons. The van der Waals surface area contributed by atoms with Crippen LogP contribution in [0.2, 0.25) is 0 Å². The van der Waals surface area contributed by atoms with Crippen molar-refractivity contribution in [1.29, 1.82) is 0 Å². The first-order valence-electron chi connectivity index (χ1n) is 8.15. The van der Waals surface area contributed by atoms with E-state index in [2.05, 4.69) is 33.8 Å². The Hall–Kier alpha value is -1.51. The van der Waals surface area contributed by atoms with Crippen molar-refractivity contribution >= 4 is 6.16 Å². The Bertz CT molecular complexity index is 452. The Morgan fingerprint density at radius 3 is 2.24 bits per heavy atom. The summed E-state index contributed by atoms with van der Waals surface area (Å²) in [7, 11) is 0. The van der Waals surface area contributed by atoms with E-state index in [1.54, 1.807) is 0 Å². The lowest BCUT2D eigenvalue weighted by molar-refractivity contribution is 0.0970. The molecule has 0 amide bonds. The highest BCUT2D eigenvalue weighted by Gasteiger charge is 2.14. The van der Waals surface area contributed by atoms with Crippen molar-refractivity contribution in [3.8, 4) is 5.75 Å². The van der Waals surface area contributed by atoms with Crippen molar-refractivity contribution < 1.29 is 14.3 Å². The number of hydrogen-bond acceptors (Lipinski definition) is 3. The molecule has 0 aromatic heterocycles. The van der Waals surface area contributed by atoms with Gasteiger partial charge in [-0.3, -0.25) is 0 Å². The number of rotatable bonds is 8. The van der Waals surface area contributed by atoms with E-state index in [1.807, 2.05) is 6.07 Å². The number of carbonyl (C=O) groups is 1. The summed E-state index contributed by atoms with van der Waals surface area (Å²) in [4.78, 5) is 11.8. The molecule has 21 heavy (non-hydrogen) atoms. The van der Waals surface area contributed by atoms with Gasteiger partial charge >= 0.3 is 6.16 Å². The van der Waals surface area contributed by atoms with Gasteiger partial charge in [-0.15, -0.1) is 0 Å². The van der Waals surface area contributed by atoms with E-state index >= 15 is 0 Å². The molecule has 0 spiro atoms. The maximum Gasteiger partial charge on any atom is 0.513 e. The number of aryl methyl sites for hydroxylation is 1. The minimum atomic E-state index is -0.591. The molecule has 0 unspecified atom stereocenters. The lowest BCUT2D eigenvalue weighted by Crippen LogP contribution is -2.13. The Labute approximate surface area is 128 Å². The van der Waals surface area contributed by atoms with Crippen LogP contribution >= 0.6 is 0 Å². The number of benzene rings is 1. The highest BCUT2D eigenvalue weighted by molar-refractivity contribution is 5.65. The van der Waals surface area contributed by atoms with Crippen LogP contribution in [0.25, 0.3) is 0 Å². The van der Waals surface area contributed by atoms with Gasteiger partial charge in [-0.25, -0.2) is 4.79 Å². The summed E-state index contributed by atoms with van der Waals surface area (Å²) < 4.78 is 10.5. The minimum absolute atomic E-state index is 0.432. The largest absolute Gasteiger partial charge is 0.513 e. The molecule has 0 heterocycles. The van der Waals surface area contributed by atoms with Gasteiger partial charge in [0, 0.05) is 0 Å². The van der Waals surface area contributed by atoms with Gasteiger partial charge in [0.05, 0.1) is 6.61 Å². The van der Waals surface area contributed by atoms with Gasteiger partial charge in [-0.1, -0.05) is 46.6 Å². The first kappa shape index (κ1) is 17.5. The molecular weight excluding hydrogens is 264 g/mol. The molecule has 1 rings (SSSR count). The average Bonchev–Trinajstić information content (AvgIpc) is 2.50. The predicted octanol–water partition coefficient (Wildman–Crippen LogP) is 5.08. The quantitative estimate of drug-likeness (QED) is 0.381. The molecule has 118 valence electrons. The number of carbonyl (C=O) groups excluding carboxylic acids is 1. The van der Waals surface area contributed by atoms with Crippen molar-refractivity contribution in [2.75, 3.05) is 6.61 Å².